The minimum absolute atomic E-state index is 0.234. The summed E-state index contributed by atoms with van der Waals surface area (Å²) in [6.07, 6.45) is 3.28. The molecule has 0 atom stereocenters. The summed E-state index contributed by atoms with van der Waals surface area (Å²) in [6, 6.07) is 1.84. The molecule has 0 unspecified atom stereocenters. The number of nitrogens with zero attached hydrogens (tertiary/aromatic N) is 4. The van der Waals surface area contributed by atoms with Crippen molar-refractivity contribution in [3.8, 4) is 0 Å². The zero-order valence-electron chi connectivity index (χ0n) is 10.7. The van der Waals surface area contributed by atoms with Gasteiger partial charge in [0.05, 0.1) is 12.1 Å². The van der Waals surface area contributed by atoms with Gasteiger partial charge in [-0.15, -0.1) is 0 Å². The molecule has 0 amide bonds. The summed E-state index contributed by atoms with van der Waals surface area (Å²) in [5.74, 6) is -0.0859. The summed E-state index contributed by atoms with van der Waals surface area (Å²) < 4.78 is 3.70. The van der Waals surface area contributed by atoms with E-state index in [2.05, 4.69) is 10.1 Å². The van der Waals surface area contributed by atoms with Crippen molar-refractivity contribution in [2.24, 2.45) is 0 Å². The highest BCUT2D eigenvalue weighted by Gasteiger charge is 2.14. The number of hydrogen-bond acceptors (Lipinski definition) is 3. The van der Waals surface area contributed by atoms with E-state index < -0.39 is 5.97 Å². The van der Waals surface area contributed by atoms with Gasteiger partial charge in [0.2, 0.25) is 0 Å². The van der Waals surface area contributed by atoms with Crippen LogP contribution in [0.3, 0.4) is 0 Å². The highest BCUT2D eigenvalue weighted by Crippen LogP contribution is 2.13. The minimum atomic E-state index is -0.906. The summed E-state index contributed by atoms with van der Waals surface area (Å²) in [5, 5.41) is 13.2. The number of rotatable bonds is 4. The second-order valence-electron chi connectivity index (χ2n) is 4.46. The Bertz CT molecular complexity index is 568. The number of aromatic carboxylic acids is 1. The standard InChI is InChI=1S/C12H16N4O2/c1-8(2)16-11(13-7-14-16)6-15-5-4-10(9(15)3)12(17)18/h4-5,7-8H,6H2,1-3H3,(H,17,18). The lowest BCUT2D eigenvalue weighted by Gasteiger charge is -2.11. The quantitative estimate of drug-likeness (QED) is 0.894. The van der Waals surface area contributed by atoms with Crippen molar-refractivity contribution < 1.29 is 9.90 Å². The Morgan fingerprint density at radius 3 is 2.78 bits per heavy atom. The van der Waals surface area contributed by atoms with Crippen molar-refractivity contribution >= 4 is 5.97 Å². The molecule has 0 aliphatic heterocycles. The van der Waals surface area contributed by atoms with E-state index in [0.717, 1.165) is 11.5 Å². The number of hydrogen-bond donors (Lipinski definition) is 1. The zero-order chi connectivity index (χ0) is 13.3. The molecule has 1 N–H and O–H groups in total. The largest absolute Gasteiger partial charge is 0.478 e. The summed E-state index contributed by atoms with van der Waals surface area (Å²) in [6.45, 7) is 6.38. The summed E-state index contributed by atoms with van der Waals surface area (Å²) in [7, 11) is 0. The van der Waals surface area contributed by atoms with Crippen LogP contribution in [0.5, 0.6) is 0 Å². The third kappa shape index (κ3) is 2.13. The van der Waals surface area contributed by atoms with Gasteiger partial charge >= 0.3 is 5.97 Å². The molecule has 0 bridgehead atoms. The van der Waals surface area contributed by atoms with Crippen molar-refractivity contribution in [2.45, 2.75) is 33.4 Å². The van der Waals surface area contributed by atoms with Crippen LogP contribution in [-0.2, 0) is 6.54 Å². The van der Waals surface area contributed by atoms with Gasteiger partial charge in [-0.3, -0.25) is 0 Å². The smallest absolute Gasteiger partial charge is 0.337 e. The minimum Gasteiger partial charge on any atom is -0.478 e. The summed E-state index contributed by atoms with van der Waals surface area (Å²) >= 11 is 0. The molecular weight excluding hydrogens is 232 g/mol. The van der Waals surface area contributed by atoms with E-state index in [-0.39, 0.29) is 6.04 Å². The molecule has 0 saturated carbocycles. The number of carboxylic acids is 1. The van der Waals surface area contributed by atoms with Crippen LogP contribution in [0.25, 0.3) is 0 Å². The Kier molecular flexibility index (Phi) is 3.18. The molecule has 0 saturated heterocycles. The molecule has 2 heterocycles. The first-order valence-electron chi connectivity index (χ1n) is 5.78. The number of carboxylic acid groups (broad SMARTS) is 1. The van der Waals surface area contributed by atoms with Crippen LogP contribution in [0.4, 0.5) is 0 Å². The third-order valence-electron chi connectivity index (χ3n) is 2.92. The first kappa shape index (κ1) is 12.3. The molecule has 6 heteroatoms. The van der Waals surface area contributed by atoms with Crippen molar-refractivity contribution in [3.05, 3.63) is 35.7 Å². The van der Waals surface area contributed by atoms with E-state index in [4.69, 9.17) is 5.11 Å². The second-order valence-corrected chi connectivity index (χ2v) is 4.46. The number of aromatic nitrogens is 4. The van der Waals surface area contributed by atoms with Crippen LogP contribution in [0.2, 0.25) is 0 Å². The van der Waals surface area contributed by atoms with Crippen molar-refractivity contribution in [1.82, 2.24) is 19.3 Å². The predicted octanol–water partition coefficient (Wildman–Crippen LogP) is 1.72. The Morgan fingerprint density at radius 1 is 1.50 bits per heavy atom. The van der Waals surface area contributed by atoms with E-state index >= 15 is 0 Å². The van der Waals surface area contributed by atoms with Crippen molar-refractivity contribution in [1.29, 1.82) is 0 Å². The zero-order valence-corrected chi connectivity index (χ0v) is 10.7. The van der Waals surface area contributed by atoms with E-state index in [1.165, 1.54) is 6.33 Å². The van der Waals surface area contributed by atoms with E-state index in [1.54, 1.807) is 19.2 Å². The molecule has 2 aromatic rings. The fraction of sp³-hybridized carbons (Fsp3) is 0.417. The molecule has 96 valence electrons. The lowest BCUT2D eigenvalue weighted by molar-refractivity contribution is 0.0696. The van der Waals surface area contributed by atoms with Gasteiger partial charge in [-0.05, 0) is 26.8 Å². The van der Waals surface area contributed by atoms with E-state index in [9.17, 15) is 4.79 Å². The summed E-state index contributed by atoms with van der Waals surface area (Å²) in [4.78, 5) is 15.2. The molecule has 18 heavy (non-hydrogen) atoms. The topological polar surface area (TPSA) is 72.9 Å². The van der Waals surface area contributed by atoms with Crippen LogP contribution in [0.15, 0.2) is 18.6 Å². The molecule has 0 aliphatic carbocycles. The van der Waals surface area contributed by atoms with Crippen LogP contribution >= 0.6 is 0 Å². The predicted molar refractivity (Wildman–Crippen MR) is 65.6 cm³/mol. The molecule has 6 nitrogen and oxygen atoms in total. The average Bonchev–Trinajstić information content (AvgIpc) is 2.87. The average molecular weight is 248 g/mol. The molecule has 2 rings (SSSR count). The first-order chi connectivity index (χ1) is 8.50. The van der Waals surface area contributed by atoms with Crippen LogP contribution in [-0.4, -0.2) is 30.4 Å². The van der Waals surface area contributed by atoms with Gasteiger partial charge in [0.25, 0.3) is 0 Å². The molecule has 0 aromatic carbocycles. The van der Waals surface area contributed by atoms with Gasteiger partial charge < -0.3 is 9.67 Å². The number of carbonyl (C=O) groups is 1. The van der Waals surface area contributed by atoms with Gasteiger partial charge in [0.1, 0.15) is 12.2 Å². The van der Waals surface area contributed by atoms with E-state index in [1.807, 2.05) is 23.1 Å². The van der Waals surface area contributed by atoms with Crippen molar-refractivity contribution in [2.75, 3.05) is 0 Å². The molecule has 2 aromatic heterocycles. The highest BCUT2D eigenvalue weighted by molar-refractivity contribution is 5.88. The fourth-order valence-electron chi connectivity index (χ4n) is 1.92. The molecular formula is C12H16N4O2. The van der Waals surface area contributed by atoms with Gasteiger partial charge in [0.15, 0.2) is 0 Å². The van der Waals surface area contributed by atoms with Crippen LogP contribution in [0, 0.1) is 6.92 Å². The second kappa shape index (κ2) is 4.64. The maximum atomic E-state index is 11.0. The molecule has 0 radical (unpaired) electrons. The summed E-state index contributed by atoms with van der Waals surface area (Å²) in [5.41, 5.74) is 1.05. The van der Waals surface area contributed by atoms with E-state index in [0.29, 0.717) is 12.1 Å². The maximum Gasteiger partial charge on any atom is 0.337 e. The Labute approximate surface area is 105 Å². The van der Waals surface area contributed by atoms with Gasteiger partial charge in [0, 0.05) is 17.9 Å². The Morgan fingerprint density at radius 2 is 2.22 bits per heavy atom. The van der Waals surface area contributed by atoms with Crippen LogP contribution in [0.1, 0.15) is 41.8 Å². The molecule has 0 aliphatic rings. The monoisotopic (exact) mass is 248 g/mol. The SMILES string of the molecule is Cc1c(C(=O)O)ccn1Cc1ncnn1C(C)C. The van der Waals surface area contributed by atoms with Crippen molar-refractivity contribution in [3.63, 3.8) is 0 Å². The van der Waals surface area contributed by atoms with Gasteiger partial charge in [-0.2, -0.15) is 5.10 Å². The Hall–Kier alpha value is -2.11. The maximum absolute atomic E-state index is 11.0. The van der Waals surface area contributed by atoms with Crippen LogP contribution < -0.4 is 0 Å². The van der Waals surface area contributed by atoms with Gasteiger partial charge in [-0.1, -0.05) is 0 Å². The lowest BCUT2D eigenvalue weighted by Crippen LogP contribution is -2.12. The highest BCUT2D eigenvalue weighted by atomic mass is 16.4. The Balaban J connectivity index is 2.29. The third-order valence-corrected chi connectivity index (χ3v) is 2.92. The fourth-order valence-corrected chi connectivity index (χ4v) is 1.92. The normalized spacial score (nSPS) is 11.1. The molecule has 0 fully saturated rings. The first-order valence-corrected chi connectivity index (χ1v) is 5.78. The van der Waals surface area contributed by atoms with Gasteiger partial charge in [-0.25, -0.2) is 14.5 Å². The lowest BCUT2D eigenvalue weighted by atomic mass is 10.2. The molecule has 0 spiro atoms.